The van der Waals surface area contributed by atoms with Crippen LogP contribution in [0, 0.1) is 0 Å². The van der Waals surface area contributed by atoms with Crippen molar-refractivity contribution in [3.63, 3.8) is 0 Å². The van der Waals surface area contributed by atoms with Crippen molar-refractivity contribution in [3.05, 3.63) is 485 Å². The molecule has 0 aliphatic carbocycles. The van der Waals surface area contributed by atoms with E-state index in [1.165, 1.54) is 145 Å². The highest BCUT2D eigenvalue weighted by atomic mass is 16.3. The van der Waals surface area contributed by atoms with Gasteiger partial charge in [0.25, 0.3) is 0 Å². The van der Waals surface area contributed by atoms with E-state index in [-0.39, 0.29) is 0 Å². The Kier molecular flexibility index (Phi) is 19.7. The van der Waals surface area contributed by atoms with Gasteiger partial charge < -0.3 is 4.42 Å². The Bertz CT molecular complexity index is 10300. The Labute approximate surface area is 825 Å². The number of benzene rings is 25. The third-order valence-electron chi connectivity index (χ3n) is 28.6. The molecule has 0 aliphatic heterocycles. The molecule has 0 unspecified atom stereocenters. The molecule has 30 aromatic rings. The minimum Gasteiger partial charge on any atom is -0.456 e. The van der Waals surface area contributed by atoms with Gasteiger partial charge in [-0.1, -0.05) is 419 Å². The molecular formula is C133H80N10O. The number of hydrogen-bond acceptors (Lipinski definition) is 10. The third kappa shape index (κ3) is 14.5. The Morgan fingerprint density at radius 2 is 0.389 bits per heavy atom. The van der Waals surface area contributed by atoms with Crippen LogP contribution in [0.4, 0.5) is 0 Å². The topological polar surface area (TPSA) is 134 Å². The molecule has 668 valence electrons. The van der Waals surface area contributed by atoms with Gasteiger partial charge in [0, 0.05) is 66.1 Å². The van der Waals surface area contributed by atoms with Crippen molar-refractivity contribution < 1.29 is 4.42 Å². The van der Waals surface area contributed by atoms with E-state index in [0.29, 0.717) is 52.5 Å². The molecule has 0 N–H and O–H groups in total. The molecule has 144 heavy (non-hydrogen) atoms. The third-order valence-corrected chi connectivity index (χ3v) is 28.6. The molecule has 0 atom stereocenters. The second kappa shape index (κ2) is 34.3. The van der Waals surface area contributed by atoms with Crippen molar-refractivity contribution in [3.8, 4) is 108 Å². The zero-order valence-corrected chi connectivity index (χ0v) is 77.6. The quantitative estimate of drug-likeness (QED) is 0.122. The van der Waals surface area contributed by atoms with Gasteiger partial charge in [0.05, 0.1) is 11.0 Å². The van der Waals surface area contributed by atoms with E-state index < -0.39 is 0 Å². The molecule has 0 aliphatic rings. The maximum atomic E-state index is 6.18. The van der Waals surface area contributed by atoms with Gasteiger partial charge in [0.1, 0.15) is 11.2 Å². The maximum absolute atomic E-state index is 6.18. The van der Waals surface area contributed by atoms with Gasteiger partial charge in [0.15, 0.2) is 46.6 Å². The fraction of sp³-hybridized carbons (Fsp3) is 0. The normalized spacial score (nSPS) is 11.8. The summed E-state index contributed by atoms with van der Waals surface area (Å²) < 4.78 is 8.34. The summed E-state index contributed by atoms with van der Waals surface area (Å²) in [5, 5.41) is 36.0. The van der Waals surface area contributed by atoms with Crippen LogP contribution in [0.2, 0.25) is 0 Å². The van der Waals surface area contributed by atoms with Crippen molar-refractivity contribution in [2.75, 3.05) is 0 Å². The minimum atomic E-state index is 0.602. The number of rotatable bonds is 10. The van der Waals surface area contributed by atoms with E-state index in [4.69, 9.17) is 49.3 Å². The van der Waals surface area contributed by atoms with Crippen LogP contribution < -0.4 is 0 Å². The van der Waals surface area contributed by atoms with Gasteiger partial charge in [-0.3, -0.25) is 4.57 Å². The highest BCUT2D eigenvalue weighted by Gasteiger charge is 2.24. The van der Waals surface area contributed by atoms with Crippen LogP contribution >= 0.6 is 0 Å². The summed E-state index contributed by atoms with van der Waals surface area (Å²) in [6.45, 7) is 0. The van der Waals surface area contributed by atoms with E-state index in [1.54, 1.807) is 0 Å². The molecule has 0 saturated heterocycles. The Morgan fingerprint density at radius 3 is 0.799 bits per heavy atom. The predicted molar refractivity (Wildman–Crippen MR) is 598 cm³/mol. The van der Waals surface area contributed by atoms with Crippen LogP contribution in [0.3, 0.4) is 0 Å². The van der Waals surface area contributed by atoms with E-state index in [9.17, 15) is 0 Å². The number of hydrogen-bond donors (Lipinski definition) is 0. The summed E-state index contributed by atoms with van der Waals surface area (Å²) >= 11 is 0. The monoisotopic (exact) mass is 1830 g/mol. The largest absolute Gasteiger partial charge is 0.456 e. The minimum absolute atomic E-state index is 0.602. The number of para-hydroxylation sites is 3. The first kappa shape index (κ1) is 82.7. The molecule has 25 aromatic carbocycles. The molecule has 0 bridgehead atoms. The molecule has 11 nitrogen and oxygen atoms in total. The fourth-order valence-corrected chi connectivity index (χ4v) is 21.5. The van der Waals surface area contributed by atoms with Crippen LogP contribution in [0.5, 0.6) is 0 Å². The number of furan rings is 1. The SMILES string of the molecule is c1ccc(-c2ccccc2-c2nc(-c3ccc4ccccc4c3)nc(-c3ccc4ccc5c6ccccc6ccc5c4c3)n2)cc1.c1ccc(-c2nc(-c3ccc4ccc5c6ccccc6ccc5c4c3)nc(-n3c4ccccc4c4ccccc43)n2)cc1.c1ccc2c(c1)ccc1c3cc(-c4nc(-c5ccc6ccc7c8ccccc8ccc7c6c5)nc(-c5ccc6oc7ccccc7c6c5)n4)ccc3ccc21. The standard InChI is InChI=1S/C51H29N3O.C43H27N3.C39H24N4/c1-3-9-37-30(7-1)17-24-41-39(37)22-19-32-13-15-34(27-44(32)41)49-52-50(54-51(53-49)36-21-26-48-46(29-36)43-11-5-6-12-47(43)55-48)35-16-14-33-20-23-40-38-10-4-2-8-31(38)18-25-42(40)45(33)28-35;1-2-11-29(12-3-1)36-16-8-9-17-39(36)43-45-41(33-20-18-28-10-4-5-14-32(28)26-33)44-42(46-43)34-21-19-31-23-24-37-35-15-7-6-13-30(35)22-25-38(37)40(31)27-34;1-2-11-27(12-3-1)37-40-38(42-39(41-37)43-35-16-8-6-14-32(35)33-15-7-9-17-36(33)43)28-19-18-26-21-22-30-29-13-5-4-10-25(29)20-23-31(30)34(26)24-28/h1-29H;1-27H;1-24H. The summed E-state index contributed by atoms with van der Waals surface area (Å²) in [4.78, 5) is 46.3. The highest BCUT2D eigenvalue weighted by Crippen LogP contribution is 2.44. The van der Waals surface area contributed by atoms with E-state index in [2.05, 4.69) is 417 Å². The predicted octanol–water partition coefficient (Wildman–Crippen LogP) is 34.6. The zero-order valence-electron chi connectivity index (χ0n) is 77.6. The van der Waals surface area contributed by atoms with Crippen LogP contribution in [0.15, 0.2) is 490 Å². The molecular weight excluding hydrogens is 1750 g/mol. The summed E-state index contributed by atoms with van der Waals surface area (Å²) in [6, 6.07) is 171. The second-order valence-electron chi connectivity index (χ2n) is 36.9. The van der Waals surface area contributed by atoms with Crippen LogP contribution in [0.1, 0.15) is 0 Å². The van der Waals surface area contributed by atoms with Crippen molar-refractivity contribution in [2.24, 2.45) is 0 Å². The smallest absolute Gasteiger partial charge is 0.238 e. The molecule has 0 saturated carbocycles. The van der Waals surface area contributed by atoms with Gasteiger partial charge in [-0.05, 0) is 218 Å². The number of fused-ring (bicyclic) bond motifs is 27. The highest BCUT2D eigenvalue weighted by molar-refractivity contribution is 6.22. The van der Waals surface area contributed by atoms with E-state index in [1.807, 2.05) is 72.8 Å². The molecule has 0 radical (unpaired) electrons. The zero-order chi connectivity index (χ0) is 94.8. The van der Waals surface area contributed by atoms with Crippen molar-refractivity contribution in [1.82, 2.24) is 49.4 Å². The second-order valence-corrected chi connectivity index (χ2v) is 36.9. The summed E-state index contributed by atoms with van der Waals surface area (Å²) in [5.41, 5.74) is 13.6. The first-order chi connectivity index (χ1) is 71.3. The fourth-order valence-electron chi connectivity index (χ4n) is 21.5. The van der Waals surface area contributed by atoms with Crippen molar-refractivity contribution >= 4 is 184 Å². The lowest BCUT2D eigenvalue weighted by Gasteiger charge is -2.13. The number of nitrogens with zero attached hydrogens (tertiary/aromatic N) is 10. The molecule has 0 fully saturated rings. The van der Waals surface area contributed by atoms with Crippen LogP contribution in [-0.4, -0.2) is 49.4 Å². The molecule has 5 aromatic heterocycles. The van der Waals surface area contributed by atoms with Crippen molar-refractivity contribution in [2.45, 2.75) is 0 Å². The van der Waals surface area contributed by atoms with Crippen LogP contribution in [0.25, 0.3) is 292 Å². The van der Waals surface area contributed by atoms with E-state index in [0.717, 1.165) is 94.0 Å². The number of aromatic nitrogens is 10. The molecule has 5 heterocycles. The van der Waals surface area contributed by atoms with Gasteiger partial charge in [-0.15, -0.1) is 0 Å². The van der Waals surface area contributed by atoms with Crippen molar-refractivity contribution in [1.29, 1.82) is 0 Å². The Hall–Kier alpha value is -19.5. The summed E-state index contributed by atoms with van der Waals surface area (Å²) in [7, 11) is 0. The molecule has 30 rings (SSSR count). The van der Waals surface area contributed by atoms with Gasteiger partial charge in [-0.2, -0.15) is 9.97 Å². The lowest BCUT2D eigenvalue weighted by Crippen LogP contribution is -2.06. The summed E-state index contributed by atoms with van der Waals surface area (Å²) in [5.74, 6) is 5.70. The van der Waals surface area contributed by atoms with Gasteiger partial charge in [0.2, 0.25) is 5.95 Å². The van der Waals surface area contributed by atoms with Gasteiger partial charge >= 0.3 is 0 Å². The van der Waals surface area contributed by atoms with Crippen LogP contribution in [-0.2, 0) is 0 Å². The molecule has 11 heteroatoms. The average molecular weight is 1830 g/mol. The Morgan fingerprint density at radius 1 is 0.132 bits per heavy atom. The summed E-state index contributed by atoms with van der Waals surface area (Å²) in [6.07, 6.45) is 0. The Balaban J connectivity index is 0.000000106. The van der Waals surface area contributed by atoms with E-state index >= 15 is 0 Å². The first-order valence-electron chi connectivity index (χ1n) is 48.6. The lowest BCUT2D eigenvalue weighted by atomic mass is 9.95. The molecule has 0 spiro atoms. The first-order valence-corrected chi connectivity index (χ1v) is 48.6. The average Bonchev–Trinajstić information content (AvgIpc) is 1.26. The van der Waals surface area contributed by atoms with Gasteiger partial charge in [-0.25, -0.2) is 34.9 Å². The maximum Gasteiger partial charge on any atom is 0.238 e. The molecule has 0 amide bonds. The lowest BCUT2D eigenvalue weighted by molar-refractivity contribution is 0.669.